The number of carbonyl (C=O) groups excluding carboxylic acids is 1. The summed E-state index contributed by atoms with van der Waals surface area (Å²) in [4.78, 5) is 23.3. The van der Waals surface area contributed by atoms with Crippen molar-refractivity contribution < 1.29 is 14.7 Å². The number of aromatic nitrogens is 1. The van der Waals surface area contributed by atoms with Gasteiger partial charge < -0.3 is 15.3 Å². The van der Waals surface area contributed by atoms with Gasteiger partial charge in [0.25, 0.3) is 0 Å². The van der Waals surface area contributed by atoms with E-state index in [1.54, 1.807) is 19.4 Å². The molecule has 34 heavy (non-hydrogen) atoms. The first-order valence-corrected chi connectivity index (χ1v) is 13.3. The lowest BCUT2D eigenvalue weighted by molar-refractivity contribution is -0.116. The summed E-state index contributed by atoms with van der Waals surface area (Å²) in [5.74, 6) is 1.95. The maximum atomic E-state index is 12.7. The maximum absolute atomic E-state index is 12.7. The van der Waals surface area contributed by atoms with Crippen molar-refractivity contribution in [2.75, 3.05) is 12.4 Å². The van der Waals surface area contributed by atoms with Crippen LogP contribution in [0.4, 0.5) is 5.13 Å². The quantitative estimate of drug-likeness (QED) is 0.470. The normalized spacial score (nSPS) is 31.0. The monoisotopic (exact) mass is 501 g/mol. The molecule has 2 aromatic rings. The summed E-state index contributed by atoms with van der Waals surface area (Å²) in [6, 6.07) is 3.82. The molecule has 1 aromatic heterocycles. The third kappa shape index (κ3) is 4.01. The van der Waals surface area contributed by atoms with Crippen LogP contribution in [0.3, 0.4) is 0 Å². The molecule has 182 valence electrons. The number of hydrogen-bond donors (Lipinski definition) is 2. The van der Waals surface area contributed by atoms with Crippen LogP contribution >= 0.6 is 22.9 Å². The van der Waals surface area contributed by atoms with Gasteiger partial charge in [-0.05, 0) is 86.3 Å². The number of aromatic hydroxyl groups is 1. The Morgan fingerprint density at radius 2 is 2.24 bits per heavy atom. The zero-order valence-electron chi connectivity index (χ0n) is 19.9. The molecule has 0 radical (unpaired) electrons. The van der Waals surface area contributed by atoms with E-state index >= 15 is 0 Å². The Bertz CT molecular complexity index is 1130. The fourth-order valence-corrected chi connectivity index (χ4v) is 8.07. The Morgan fingerprint density at radius 1 is 1.41 bits per heavy atom. The molecule has 5 rings (SSSR count). The average Bonchev–Trinajstić information content (AvgIpc) is 3.34. The van der Waals surface area contributed by atoms with Gasteiger partial charge in [0.2, 0.25) is 5.91 Å². The van der Waals surface area contributed by atoms with Crippen molar-refractivity contribution in [2.45, 2.75) is 64.7 Å². The van der Waals surface area contributed by atoms with Crippen molar-refractivity contribution in [2.24, 2.45) is 28.3 Å². The van der Waals surface area contributed by atoms with Crippen LogP contribution in [0.5, 0.6) is 5.75 Å². The van der Waals surface area contributed by atoms with Gasteiger partial charge in [-0.2, -0.15) is 0 Å². The minimum atomic E-state index is -0.0110. The third-order valence-electron chi connectivity index (χ3n) is 8.51. The largest absolute Gasteiger partial charge is 0.506 e. The van der Waals surface area contributed by atoms with E-state index in [9.17, 15) is 9.90 Å². The molecule has 8 heteroatoms. The number of rotatable bonds is 5. The van der Waals surface area contributed by atoms with Crippen molar-refractivity contribution in [3.63, 3.8) is 0 Å². The molecule has 2 N–H and O–H groups in total. The predicted molar refractivity (Wildman–Crippen MR) is 136 cm³/mol. The molecular weight excluding hydrogens is 470 g/mol. The predicted octanol–water partition coefficient (Wildman–Crippen LogP) is 6.31. The number of anilines is 1. The van der Waals surface area contributed by atoms with Crippen LogP contribution in [0.15, 0.2) is 23.5 Å². The molecule has 0 bridgehead atoms. The second-order valence-corrected chi connectivity index (χ2v) is 11.9. The van der Waals surface area contributed by atoms with E-state index < -0.39 is 0 Å². The van der Waals surface area contributed by atoms with E-state index in [0.29, 0.717) is 40.2 Å². The first-order chi connectivity index (χ1) is 16.3. The number of thiazole rings is 1. The highest BCUT2D eigenvalue weighted by molar-refractivity contribution is 7.15. The minimum absolute atomic E-state index is 0.0110. The van der Waals surface area contributed by atoms with E-state index in [-0.39, 0.29) is 17.1 Å². The molecule has 6 nitrogen and oxygen atoms in total. The Labute approximate surface area is 209 Å². The average molecular weight is 502 g/mol. The van der Waals surface area contributed by atoms with Crippen molar-refractivity contribution in [1.82, 2.24) is 4.98 Å². The SMILES string of the molecule is CO/N=C1\C[C@@H](CCC(=O)Nc2ncc(C)s2)C2C3CCc4c(ccc(O)c4Cl)C3CC[C@]12C. The third-order valence-corrected chi connectivity index (χ3v) is 9.76. The molecule has 1 heterocycles. The number of nitrogens with zero attached hydrogens (tertiary/aromatic N) is 2. The molecular formula is C26H32ClN3O3S. The Morgan fingerprint density at radius 3 is 2.97 bits per heavy atom. The summed E-state index contributed by atoms with van der Waals surface area (Å²) in [5.41, 5.74) is 3.55. The van der Waals surface area contributed by atoms with Gasteiger partial charge in [0.05, 0.1) is 10.7 Å². The van der Waals surface area contributed by atoms with Gasteiger partial charge in [-0.25, -0.2) is 4.98 Å². The number of benzene rings is 1. The van der Waals surface area contributed by atoms with Crippen LogP contribution in [0.25, 0.3) is 0 Å². The van der Waals surface area contributed by atoms with E-state index in [1.165, 1.54) is 16.9 Å². The van der Waals surface area contributed by atoms with Crippen molar-refractivity contribution in [1.29, 1.82) is 0 Å². The van der Waals surface area contributed by atoms with Crippen molar-refractivity contribution >= 4 is 39.7 Å². The van der Waals surface area contributed by atoms with Gasteiger partial charge in [0.15, 0.2) is 5.13 Å². The van der Waals surface area contributed by atoms with Crippen LogP contribution in [0.2, 0.25) is 5.02 Å². The van der Waals surface area contributed by atoms with Crippen molar-refractivity contribution in [3.8, 4) is 5.75 Å². The number of carbonyl (C=O) groups is 1. The summed E-state index contributed by atoms with van der Waals surface area (Å²) < 4.78 is 0. The van der Waals surface area contributed by atoms with E-state index in [2.05, 4.69) is 28.4 Å². The second-order valence-electron chi connectivity index (χ2n) is 10.3. The number of amides is 1. The lowest BCUT2D eigenvalue weighted by atomic mass is 9.54. The lowest BCUT2D eigenvalue weighted by Gasteiger charge is -2.50. The van der Waals surface area contributed by atoms with E-state index in [4.69, 9.17) is 16.4 Å². The van der Waals surface area contributed by atoms with Gasteiger partial charge >= 0.3 is 0 Å². The van der Waals surface area contributed by atoms with Gasteiger partial charge in [-0.15, -0.1) is 11.3 Å². The van der Waals surface area contributed by atoms with Crippen LogP contribution in [-0.4, -0.2) is 28.8 Å². The van der Waals surface area contributed by atoms with Crippen LogP contribution in [0.1, 0.15) is 67.4 Å². The number of oxime groups is 1. The zero-order valence-corrected chi connectivity index (χ0v) is 21.5. The summed E-state index contributed by atoms with van der Waals surface area (Å²) in [7, 11) is 1.62. The summed E-state index contributed by atoms with van der Waals surface area (Å²) in [5, 5.41) is 18.8. The maximum Gasteiger partial charge on any atom is 0.226 e. The smallest absolute Gasteiger partial charge is 0.226 e. The molecule has 3 unspecified atom stereocenters. The van der Waals surface area contributed by atoms with Gasteiger partial charge in [0.1, 0.15) is 12.9 Å². The number of hydrogen-bond acceptors (Lipinski definition) is 6. The lowest BCUT2D eigenvalue weighted by Crippen LogP contribution is -2.44. The summed E-state index contributed by atoms with van der Waals surface area (Å²) in [6.45, 7) is 4.34. The first-order valence-electron chi connectivity index (χ1n) is 12.1. The highest BCUT2D eigenvalue weighted by Crippen LogP contribution is 2.63. The molecule has 3 aliphatic rings. The number of aryl methyl sites for hydroxylation is 1. The zero-order chi connectivity index (χ0) is 24.0. The topological polar surface area (TPSA) is 83.8 Å². The molecule has 5 atom stereocenters. The fraction of sp³-hybridized carbons (Fsp3) is 0.577. The van der Waals surface area contributed by atoms with Crippen LogP contribution in [-0.2, 0) is 16.1 Å². The molecule has 2 saturated carbocycles. The van der Waals surface area contributed by atoms with Crippen LogP contribution in [0, 0.1) is 30.1 Å². The van der Waals surface area contributed by atoms with Gasteiger partial charge in [-0.3, -0.25) is 4.79 Å². The molecule has 3 aliphatic carbocycles. The molecule has 1 aromatic carbocycles. The van der Waals surface area contributed by atoms with Crippen molar-refractivity contribution in [3.05, 3.63) is 39.4 Å². The molecule has 1 amide bonds. The highest BCUT2D eigenvalue weighted by atomic mass is 35.5. The number of phenols is 1. The van der Waals surface area contributed by atoms with Gasteiger partial charge in [0, 0.05) is 22.9 Å². The molecule has 0 saturated heterocycles. The van der Waals surface area contributed by atoms with E-state index in [1.807, 2.05) is 6.92 Å². The van der Waals surface area contributed by atoms with Crippen LogP contribution < -0.4 is 5.32 Å². The summed E-state index contributed by atoms with van der Waals surface area (Å²) in [6.07, 6.45) is 8.00. The number of nitrogens with one attached hydrogen (secondary N) is 1. The molecule has 0 spiro atoms. The molecule has 2 fully saturated rings. The van der Waals surface area contributed by atoms with E-state index in [0.717, 1.165) is 54.7 Å². The Hall–Kier alpha value is -2.12. The second kappa shape index (κ2) is 9.15. The number of halogens is 1. The standard InChI is InChI=1S/C26H32ClN3O3S/c1-14-13-28-25(34-14)29-22(32)9-4-15-12-21(30-33-3)26(2)11-10-17-16-7-8-20(31)24(27)19(16)6-5-18(17)23(15)26/h7-8,13,15,17-18,23,31H,4-6,9-12H2,1-3H3,(H,28,29,32)/b30-21+/t15-,17?,18?,23?,26-/m1/s1. The Kier molecular flexibility index (Phi) is 6.36. The van der Waals surface area contributed by atoms with Gasteiger partial charge in [-0.1, -0.05) is 29.7 Å². The number of phenolic OH excluding ortho intramolecular Hbond substituents is 1. The fourth-order valence-electron chi connectivity index (χ4n) is 7.12. The molecule has 0 aliphatic heterocycles. The first kappa shape index (κ1) is 23.6. The summed E-state index contributed by atoms with van der Waals surface area (Å²) >= 11 is 7.99. The Balaban J connectivity index is 1.39. The minimum Gasteiger partial charge on any atom is -0.506 e. The highest BCUT2D eigenvalue weighted by Gasteiger charge is 2.57. The number of fused-ring (bicyclic) bond motifs is 5.